The van der Waals surface area contributed by atoms with E-state index in [1.807, 2.05) is 30.3 Å². The van der Waals surface area contributed by atoms with Crippen LogP contribution in [-0.2, 0) is 22.6 Å². The van der Waals surface area contributed by atoms with Gasteiger partial charge in [-0.2, -0.15) is 0 Å². The molecule has 0 aliphatic heterocycles. The van der Waals surface area contributed by atoms with Crippen molar-refractivity contribution in [2.45, 2.75) is 19.1 Å². The molecular weight excluding hydrogens is 350 g/mol. The van der Waals surface area contributed by atoms with Crippen molar-refractivity contribution >= 4 is 22.7 Å². The number of hydrogen-bond donors (Lipinski definition) is 2. The Morgan fingerprint density at radius 2 is 1.93 bits per heavy atom. The topological polar surface area (TPSA) is 112 Å². The smallest absolute Gasteiger partial charge is 0.373 e. The largest absolute Gasteiger partial charge is 0.485 e. The Kier molecular flexibility index (Phi) is 5.42. The summed E-state index contributed by atoms with van der Waals surface area (Å²) in [4.78, 5) is 22.7. The van der Waals surface area contributed by atoms with Crippen molar-refractivity contribution in [1.82, 2.24) is 0 Å². The molecule has 0 saturated heterocycles. The average molecular weight is 369 g/mol. The van der Waals surface area contributed by atoms with E-state index in [-0.39, 0.29) is 18.8 Å². The van der Waals surface area contributed by atoms with Gasteiger partial charge in [0.05, 0.1) is 7.11 Å². The summed E-state index contributed by atoms with van der Waals surface area (Å²) in [5.41, 5.74) is 6.45. The first kappa shape index (κ1) is 18.5. The predicted molar refractivity (Wildman–Crippen MR) is 97.6 cm³/mol. The van der Waals surface area contributed by atoms with Gasteiger partial charge in [-0.25, -0.2) is 4.79 Å². The Balaban J connectivity index is 1.87. The maximum Gasteiger partial charge on any atom is 0.373 e. The van der Waals surface area contributed by atoms with Crippen LogP contribution >= 0.6 is 0 Å². The van der Waals surface area contributed by atoms with Crippen LogP contribution in [0.5, 0.6) is 5.75 Å². The molecule has 7 heteroatoms. The van der Waals surface area contributed by atoms with Gasteiger partial charge < -0.3 is 24.7 Å². The van der Waals surface area contributed by atoms with Crippen molar-refractivity contribution in [2.75, 3.05) is 7.11 Å². The second-order valence-corrected chi connectivity index (χ2v) is 5.96. The van der Waals surface area contributed by atoms with Gasteiger partial charge in [-0.15, -0.1) is 0 Å². The molecule has 0 aliphatic carbocycles. The van der Waals surface area contributed by atoms with Crippen LogP contribution < -0.4 is 10.5 Å². The summed E-state index contributed by atoms with van der Waals surface area (Å²) < 4.78 is 15.8. The Hall–Kier alpha value is -3.32. The lowest BCUT2D eigenvalue weighted by Gasteiger charge is -2.15. The summed E-state index contributed by atoms with van der Waals surface area (Å²) in [5, 5.41) is 11.0. The lowest BCUT2D eigenvalue weighted by molar-refractivity contribution is -0.138. The normalized spacial score (nSPS) is 11.9. The number of furan rings is 1. The van der Waals surface area contributed by atoms with Gasteiger partial charge in [0.1, 0.15) is 24.2 Å². The van der Waals surface area contributed by atoms with E-state index < -0.39 is 18.0 Å². The summed E-state index contributed by atoms with van der Waals surface area (Å²) in [6.45, 7) is 0.0741. The Labute approximate surface area is 155 Å². The van der Waals surface area contributed by atoms with Gasteiger partial charge in [0.2, 0.25) is 5.76 Å². The van der Waals surface area contributed by atoms with E-state index >= 15 is 0 Å². The van der Waals surface area contributed by atoms with Crippen molar-refractivity contribution in [3.8, 4) is 5.75 Å². The molecule has 27 heavy (non-hydrogen) atoms. The number of hydrogen-bond acceptors (Lipinski definition) is 6. The van der Waals surface area contributed by atoms with Crippen LogP contribution in [0.15, 0.2) is 52.9 Å². The van der Waals surface area contributed by atoms with Crippen LogP contribution in [0.25, 0.3) is 10.8 Å². The highest BCUT2D eigenvalue weighted by molar-refractivity contribution is 5.88. The van der Waals surface area contributed by atoms with E-state index in [9.17, 15) is 9.59 Å². The number of methoxy groups -OCH3 is 1. The molecule has 3 aromatic rings. The third kappa shape index (κ3) is 4.09. The van der Waals surface area contributed by atoms with Crippen molar-refractivity contribution in [1.29, 1.82) is 0 Å². The first-order chi connectivity index (χ1) is 13.0. The van der Waals surface area contributed by atoms with Crippen molar-refractivity contribution in [2.24, 2.45) is 5.73 Å². The number of esters is 1. The molecule has 7 nitrogen and oxygen atoms in total. The minimum Gasteiger partial charge on any atom is -0.485 e. The van der Waals surface area contributed by atoms with Gasteiger partial charge in [0.25, 0.3) is 0 Å². The molecule has 1 aromatic heterocycles. The number of aliphatic carboxylic acids is 1. The highest BCUT2D eigenvalue weighted by Gasteiger charge is 2.18. The first-order valence-electron chi connectivity index (χ1n) is 8.28. The number of carbonyl (C=O) groups is 2. The monoisotopic (exact) mass is 369 g/mol. The van der Waals surface area contributed by atoms with Crippen molar-refractivity contribution in [3.05, 3.63) is 65.6 Å². The van der Waals surface area contributed by atoms with Crippen molar-refractivity contribution in [3.63, 3.8) is 0 Å². The summed E-state index contributed by atoms with van der Waals surface area (Å²) in [6, 6.07) is 13.4. The molecule has 3 N–H and O–H groups in total. The van der Waals surface area contributed by atoms with E-state index in [0.29, 0.717) is 17.1 Å². The van der Waals surface area contributed by atoms with Gasteiger partial charge in [-0.3, -0.25) is 4.79 Å². The molecule has 140 valence electrons. The first-order valence-corrected chi connectivity index (χ1v) is 8.28. The number of carboxylic acids is 1. The van der Waals surface area contributed by atoms with Crippen LogP contribution in [0.1, 0.15) is 21.9 Å². The van der Waals surface area contributed by atoms with Gasteiger partial charge in [0, 0.05) is 12.0 Å². The maximum absolute atomic E-state index is 11.5. The van der Waals surface area contributed by atoms with Gasteiger partial charge in [0.15, 0.2) is 0 Å². The molecule has 2 aromatic carbocycles. The van der Waals surface area contributed by atoms with Crippen LogP contribution in [0.2, 0.25) is 0 Å². The molecule has 1 heterocycles. The second-order valence-electron chi connectivity index (χ2n) is 5.96. The summed E-state index contributed by atoms with van der Waals surface area (Å²) >= 11 is 0. The minimum atomic E-state index is -1.08. The van der Waals surface area contributed by atoms with Crippen molar-refractivity contribution < 1.29 is 28.6 Å². The van der Waals surface area contributed by atoms with Crippen LogP contribution in [0.4, 0.5) is 0 Å². The summed E-state index contributed by atoms with van der Waals surface area (Å²) in [7, 11) is 1.27. The Morgan fingerprint density at radius 1 is 1.15 bits per heavy atom. The van der Waals surface area contributed by atoms with E-state index in [1.54, 1.807) is 12.1 Å². The molecule has 3 rings (SSSR count). The summed E-state index contributed by atoms with van der Waals surface area (Å²) in [6.07, 6.45) is 0.123. The Morgan fingerprint density at radius 3 is 2.67 bits per heavy atom. The average Bonchev–Trinajstić information content (AvgIpc) is 3.15. The zero-order chi connectivity index (χ0) is 19.4. The highest BCUT2D eigenvalue weighted by atomic mass is 16.5. The molecule has 0 radical (unpaired) electrons. The number of nitrogens with two attached hydrogens (primary N) is 1. The van der Waals surface area contributed by atoms with E-state index in [0.717, 1.165) is 10.8 Å². The standard InChI is InChI=1S/C20H19NO6/c1-25-20(24)18-9-7-13(27-18)11-26-17-8-6-12-4-2-3-5-14(12)15(17)10-16(21)19(22)23/h2-9,16H,10-11,21H2,1H3,(H,22,23). The highest BCUT2D eigenvalue weighted by Crippen LogP contribution is 2.30. The zero-order valence-corrected chi connectivity index (χ0v) is 14.7. The van der Waals surface area contributed by atoms with E-state index in [1.165, 1.54) is 13.2 Å². The molecule has 0 saturated carbocycles. The molecule has 1 atom stereocenters. The Bertz CT molecular complexity index is 978. The number of ether oxygens (including phenoxy) is 2. The van der Waals surface area contributed by atoms with Gasteiger partial charge >= 0.3 is 11.9 Å². The summed E-state index contributed by atoms with van der Waals surface area (Å²) in [5.74, 6) is -0.607. The fourth-order valence-electron chi connectivity index (χ4n) is 2.78. The number of fused-ring (bicyclic) bond motifs is 1. The number of rotatable bonds is 7. The quantitative estimate of drug-likeness (QED) is 0.616. The van der Waals surface area contributed by atoms with Crippen LogP contribution in [-0.4, -0.2) is 30.2 Å². The van der Waals surface area contributed by atoms with Crippen LogP contribution in [0.3, 0.4) is 0 Å². The van der Waals surface area contributed by atoms with Gasteiger partial charge in [-0.05, 0) is 29.0 Å². The molecule has 1 unspecified atom stereocenters. The molecular formula is C20H19NO6. The lowest BCUT2D eigenvalue weighted by atomic mass is 9.98. The molecule has 0 bridgehead atoms. The number of benzene rings is 2. The second kappa shape index (κ2) is 7.92. The SMILES string of the molecule is COC(=O)c1ccc(COc2ccc3ccccc3c2CC(N)C(=O)O)o1. The third-order valence-corrected chi connectivity index (χ3v) is 4.16. The molecule has 0 spiro atoms. The van der Waals surface area contributed by atoms with Crippen LogP contribution in [0, 0.1) is 0 Å². The fraction of sp³-hybridized carbons (Fsp3) is 0.200. The maximum atomic E-state index is 11.5. The lowest BCUT2D eigenvalue weighted by Crippen LogP contribution is -2.32. The zero-order valence-electron chi connectivity index (χ0n) is 14.7. The van der Waals surface area contributed by atoms with E-state index in [4.69, 9.17) is 20.0 Å². The fourth-order valence-corrected chi connectivity index (χ4v) is 2.78. The van der Waals surface area contributed by atoms with Gasteiger partial charge in [-0.1, -0.05) is 30.3 Å². The number of carbonyl (C=O) groups excluding carboxylic acids is 1. The van der Waals surface area contributed by atoms with E-state index in [2.05, 4.69) is 4.74 Å². The third-order valence-electron chi connectivity index (χ3n) is 4.16. The number of carboxylic acid groups (broad SMARTS) is 1. The molecule has 0 fully saturated rings. The molecule has 0 aliphatic rings. The minimum absolute atomic E-state index is 0.0741. The molecule has 0 amide bonds. The predicted octanol–water partition coefficient (Wildman–Crippen LogP) is 2.75.